The number of fused-ring (bicyclic) bond motifs is 1. The first-order valence-electron chi connectivity index (χ1n) is 15.1. The van der Waals surface area contributed by atoms with Crippen molar-refractivity contribution in [3.63, 3.8) is 0 Å². The number of aryl methyl sites for hydroxylation is 2. The number of carbonyl (C=O) groups is 1. The number of unbranched alkanes of at least 4 members (excludes halogenated alkanes) is 2. The molecule has 1 aromatic heterocycles. The Morgan fingerprint density at radius 1 is 1.22 bits per heavy atom. The molecule has 1 saturated heterocycles. The maximum atomic E-state index is 14.9. The molecule has 3 heterocycles. The number of carboxylic acid groups (broad SMARTS) is 1. The van der Waals surface area contributed by atoms with Crippen molar-refractivity contribution in [3.8, 4) is 5.75 Å². The molecule has 41 heavy (non-hydrogen) atoms. The number of pyridine rings is 1. The Morgan fingerprint density at radius 3 is 2.78 bits per heavy atom. The number of likely N-dealkylation sites (tertiary alicyclic amines) is 1. The van der Waals surface area contributed by atoms with Crippen molar-refractivity contribution in [1.82, 2.24) is 14.8 Å². The summed E-state index contributed by atoms with van der Waals surface area (Å²) in [7, 11) is 3.11. The summed E-state index contributed by atoms with van der Waals surface area (Å²) < 4.78 is 25.7. The number of hydrogen-bond acceptors (Lipinski definition) is 7. The molecule has 9 heteroatoms. The molecule has 0 spiro atoms. The van der Waals surface area contributed by atoms with E-state index in [-0.39, 0.29) is 17.7 Å². The van der Waals surface area contributed by atoms with E-state index in [2.05, 4.69) is 22.3 Å². The number of nitrogens with one attached hydrogen (secondary N) is 1. The second-order valence-corrected chi connectivity index (χ2v) is 11.6. The van der Waals surface area contributed by atoms with Crippen molar-refractivity contribution < 1.29 is 23.8 Å². The number of carboxylic acids is 1. The van der Waals surface area contributed by atoms with Gasteiger partial charge in [0.25, 0.3) is 0 Å². The highest BCUT2D eigenvalue weighted by Gasteiger charge is 2.38. The van der Waals surface area contributed by atoms with Crippen molar-refractivity contribution in [1.29, 1.82) is 0 Å². The summed E-state index contributed by atoms with van der Waals surface area (Å²) in [4.78, 5) is 21.8. The molecule has 0 bridgehead atoms. The Labute approximate surface area is 244 Å². The summed E-state index contributed by atoms with van der Waals surface area (Å²) in [6.45, 7) is 8.53. The zero-order valence-corrected chi connectivity index (χ0v) is 25.1. The van der Waals surface area contributed by atoms with E-state index in [1.807, 2.05) is 18.7 Å². The third kappa shape index (κ3) is 7.96. The van der Waals surface area contributed by atoms with Crippen LogP contribution < -0.4 is 10.1 Å². The van der Waals surface area contributed by atoms with Gasteiger partial charge in [-0.3, -0.25) is 14.6 Å². The SMILES string of the molecule is COCCN(CCCCCc1ccc2c(n1)NCCC2)[C@@H]1CCN(C(C(=O)O)c2cc(C(C)C)cc(F)c2OC)C1. The van der Waals surface area contributed by atoms with E-state index in [0.717, 1.165) is 75.2 Å². The Kier molecular flexibility index (Phi) is 11.4. The second-order valence-electron chi connectivity index (χ2n) is 11.6. The van der Waals surface area contributed by atoms with Crippen LogP contribution in [0.15, 0.2) is 24.3 Å². The maximum Gasteiger partial charge on any atom is 0.325 e. The number of aliphatic carboxylic acids is 1. The molecule has 1 aromatic carbocycles. The number of ether oxygens (including phenoxy) is 2. The third-order valence-electron chi connectivity index (χ3n) is 8.48. The normalized spacial score (nSPS) is 18.0. The van der Waals surface area contributed by atoms with Crippen LogP contribution in [0.25, 0.3) is 0 Å². The smallest absolute Gasteiger partial charge is 0.325 e. The molecule has 0 saturated carbocycles. The number of methoxy groups -OCH3 is 2. The van der Waals surface area contributed by atoms with Gasteiger partial charge in [0.05, 0.1) is 13.7 Å². The van der Waals surface area contributed by atoms with Crippen LogP contribution in [0.4, 0.5) is 10.2 Å². The molecule has 2 N–H and O–H groups in total. The van der Waals surface area contributed by atoms with Gasteiger partial charge < -0.3 is 19.9 Å². The molecule has 2 aliphatic rings. The van der Waals surface area contributed by atoms with Crippen LogP contribution in [0.1, 0.15) is 80.3 Å². The van der Waals surface area contributed by atoms with Gasteiger partial charge in [-0.25, -0.2) is 9.37 Å². The van der Waals surface area contributed by atoms with Gasteiger partial charge in [-0.1, -0.05) is 26.3 Å². The molecular weight excluding hydrogens is 523 g/mol. The Bertz CT molecular complexity index is 1160. The van der Waals surface area contributed by atoms with E-state index in [1.54, 1.807) is 13.2 Å². The van der Waals surface area contributed by atoms with Crippen LogP contribution in [-0.2, 0) is 22.4 Å². The molecule has 1 unspecified atom stereocenters. The van der Waals surface area contributed by atoms with E-state index in [9.17, 15) is 14.3 Å². The molecule has 0 amide bonds. The van der Waals surface area contributed by atoms with Gasteiger partial charge in [-0.05, 0) is 80.3 Å². The first-order valence-corrected chi connectivity index (χ1v) is 15.1. The van der Waals surface area contributed by atoms with Crippen molar-refractivity contribution in [2.24, 2.45) is 0 Å². The van der Waals surface area contributed by atoms with Gasteiger partial charge in [0.1, 0.15) is 11.9 Å². The van der Waals surface area contributed by atoms with Crippen LogP contribution in [-0.4, -0.2) is 85.5 Å². The van der Waals surface area contributed by atoms with Crippen molar-refractivity contribution in [3.05, 3.63) is 52.5 Å². The average molecular weight is 571 g/mol. The Hall–Kier alpha value is -2.75. The number of aromatic nitrogens is 1. The summed E-state index contributed by atoms with van der Waals surface area (Å²) in [5.74, 6) is -0.357. The summed E-state index contributed by atoms with van der Waals surface area (Å²) in [5, 5.41) is 13.7. The lowest BCUT2D eigenvalue weighted by molar-refractivity contribution is -0.143. The summed E-state index contributed by atoms with van der Waals surface area (Å²) in [5.41, 5.74) is 3.62. The fourth-order valence-corrected chi connectivity index (χ4v) is 6.17. The summed E-state index contributed by atoms with van der Waals surface area (Å²) in [6.07, 6.45) is 7.34. The van der Waals surface area contributed by atoms with Gasteiger partial charge >= 0.3 is 5.97 Å². The number of anilines is 1. The van der Waals surface area contributed by atoms with Gasteiger partial charge in [0, 0.05) is 50.6 Å². The quantitative estimate of drug-likeness (QED) is 0.280. The predicted molar refractivity (Wildman–Crippen MR) is 159 cm³/mol. The van der Waals surface area contributed by atoms with E-state index < -0.39 is 17.8 Å². The standard InChI is InChI=1S/C32H47FN4O4/c1-22(2)24-19-27(30(41-4)28(33)20-24)29(32(38)39)37-16-13-26(21-37)36(17-18-40-3)15-7-5-6-10-25-12-11-23-9-8-14-34-31(23)35-25/h11-12,19-20,22,26,29H,5-10,13-18,21H2,1-4H3,(H,34,35)(H,38,39)/t26-,29?/m1/s1. The molecule has 0 radical (unpaired) electrons. The fourth-order valence-electron chi connectivity index (χ4n) is 6.17. The van der Waals surface area contributed by atoms with E-state index in [0.29, 0.717) is 25.3 Å². The molecule has 2 aromatic rings. The number of nitrogens with zero attached hydrogens (tertiary/aromatic N) is 3. The largest absolute Gasteiger partial charge is 0.493 e. The Balaban J connectivity index is 1.36. The van der Waals surface area contributed by atoms with Gasteiger partial charge in [-0.2, -0.15) is 0 Å². The van der Waals surface area contributed by atoms with Gasteiger partial charge in [-0.15, -0.1) is 0 Å². The zero-order chi connectivity index (χ0) is 29.4. The summed E-state index contributed by atoms with van der Waals surface area (Å²) in [6, 6.07) is 6.88. The lowest BCUT2D eigenvalue weighted by atomic mass is 9.95. The van der Waals surface area contributed by atoms with Crippen LogP contribution in [0.5, 0.6) is 5.75 Å². The molecule has 4 rings (SSSR count). The lowest BCUT2D eigenvalue weighted by Crippen LogP contribution is -2.41. The molecule has 0 aliphatic carbocycles. The lowest BCUT2D eigenvalue weighted by Gasteiger charge is -2.31. The minimum Gasteiger partial charge on any atom is -0.493 e. The zero-order valence-electron chi connectivity index (χ0n) is 25.1. The van der Waals surface area contributed by atoms with Gasteiger partial charge in [0.2, 0.25) is 0 Å². The topological polar surface area (TPSA) is 87.2 Å². The number of benzene rings is 1. The van der Waals surface area contributed by atoms with Gasteiger partial charge in [0.15, 0.2) is 11.6 Å². The highest BCUT2D eigenvalue weighted by molar-refractivity contribution is 5.77. The predicted octanol–water partition coefficient (Wildman–Crippen LogP) is 5.27. The minimum absolute atomic E-state index is 0.0192. The maximum absolute atomic E-state index is 14.9. The first-order chi connectivity index (χ1) is 19.8. The molecule has 226 valence electrons. The number of rotatable bonds is 15. The summed E-state index contributed by atoms with van der Waals surface area (Å²) >= 11 is 0. The van der Waals surface area contributed by atoms with Crippen LogP contribution in [0, 0.1) is 5.82 Å². The van der Waals surface area contributed by atoms with Crippen molar-refractivity contribution >= 4 is 11.8 Å². The van der Waals surface area contributed by atoms with E-state index in [4.69, 9.17) is 14.5 Å². The van der Waals surface area contributed by atoms with E-state index in [1.165, 1.54) is 25.2 Å². The third-order valence-corrected chi connectivity index (χ3v) is 8.48. The first kappa shape index (κ1) is 31.2. The van der Waals surface area contributed by atoms with Crippen LogP contribution in [0.2, 0.25) is 0 Å². The van der Waals surface area contributed by atoms with Crippen LogP contribution >= 0.6 is 0 Å². The van der Waals surface area contributed by atoms with Crippen molar-refractivity contribution in [2.45, 2.75) is 76.8 Å². The highest BCUT2D eigenvalue weighted by atomic mass is 19.1. The molecule has 2 aliphatic heterocycles. The van der Waals surface area contributed by atoms with Crippen molar-refractivity contribution in [2.75, 3.05) is 58.9 Å². The average Bonchev–Trinajstić information content (AvgIpc) is 3.43. The monoisotopic (exact) mass is 570 g/mol. The second kappa shape index (κ2) is 14.9. The van der Waals surface area contributed by atoms with E-state index >= 15 is 0 Å². The Morgan fingerprint density at radius 2 is 2.05 bits per heavy atom. The molecule has 8 nitrogen and oxygen atoms in total. The molecular formula is C32H47FN4O4. The fraction of sp³-hybridized carbons (Fsp3) is 0.625. The number of hydrogen-bond donors (Lipinski definition) is 2. The highest BCUT2D eigenvalue weighted by Crippen LogP contribution is 2.37. The molecule has 1 fully saturated rings. The number of halogens is 1. The van der Waals surface area contributed by atoms with Crippen LogP contribution in [0.3, 0.4) is 0 Å². The minimum atomic E-state index is -0.987. The molecule has 2 atom stereocenters.